The van der Waals surface area contributed by atoms with Crippen molar-refractivity contribution < 1.29 is 9.59 Å². The number of halogens is 1. The van der Waals surface area contributed by atoms with Crippen LogP contribution in [0, 0.1) is 10.8 Å². The van der Waals surface area contributed by atoms with Crippen molar-refractivity contribution in [2.75, 3.05) is 18.8 Å². The number of hydrogen-bond donors (Lipinski definition) is 2. The van der Waals surface area contributed by atoms with E-state index in [1.807, 2.05) is 12.1 Å². The van der Waals surface area contributed by atoms with E-state index in [1.165, 1.54) is 19.3 Å². The summed E-state index contributed by atoms with van der Waals surface area (Å²) in [6, 6.07) is 5.47. The fourth-order valence-electron chi connectivity index (χ4n) is 4.28. The van der Waals surface area contributed by atoms with E-state index < -0.39 is 0 Å². The van der Waals surface area contributed by atoms with Gasteiger partial charge < -0.3 is 11.1 Å². The molecule has 130 valence electrons. The molecule has 1 unspecified atom stereocenters. The molecule has 1 aromatic carbocycles. The van der Waals surface area contributed by atoms with Crippen molar-refractivity contribution in [3.05, 3.63) is 29.3 Å². The Morgan fingerprint density at radius 2 is 2.12 bits per heavy atom. The zero-order chi connectivity index (χ0) is 16.1. The van der Waals surface area contributed by atoms with Gasteiger partial charge in [0.2, 0.25) is 0 Å². The second-order valence-corrected chi connectivity index (χ2v) is 8.35. The minimum absolute atomic E-state index is 0. The van der Waals surface area contributed by atoms with E-state index >= 15 is 0 Å². The summed E-state index contributed by atoms with van der Waals surface area (Å²) in [5.41, 5.74) is 7.79. The molecule has 0 aromatic heterocycles. The quantitative estimate of drug-likeness (QED) is 0.859. The number of thioether (sulfide) groups is 1. The van der Waals surface area contributed by atoms with Crippen molar-refractivity contribution in [2.45, 2.75) is 37.0 Å². The van der Waals surface area contributed by atoms with Crippen LogP contribution in [0.2, 0.25) is 0 Å². The van der Waals surface area contributed by atoms with Crippen LogP contribution in [0.4, 0.5) is 0 Å². The van der Waals surface area contributed by atoms with Crippen LogP contribution < -0.4 is 11.1 Å². The molecule has 3 N–H and O–H groups in total. The Balaban J connectivity index is 0.00000169. The molecule has 24 heavy (non-hydrogen) atoms. The number of nitrogens with one attached hydrogen (secondary N) is 1. The average molecular weight is 367 g/mol. The van der Waals surface area contributed by atoms with E-state index in [4.69, 9.17) is 5.73 Å². The zero-order valence-corrected chi connectivity index (χ0v) is 15.2. The molecule has 0 radical (unpaired) electrons. The topological polar surface area (TPSA) is 72.2 Å². The summed E-state index contributed by atoms with van der Waals surface area (Å²) < 4.78 is 0. The highest BCUT2D eigenvalue weighted by Gasteiger charge is 2.68. The number of carbonyl (C=O) groups is 2. The first kappa shape index (κ1) is 17.8. The SMILES string of the molecule is Cl.NCC1(CNC(=O)c2ccc3c(c2)C(=O)CCS3)CC12CCC2. The maximum Gasteiger partial charge on any atom is 0.251 e. The van der Waals surface area contributed by atoms with Gasteiger partial charge in [-0.05, 0) is 42.9 Å². The number of benzene rings is 1. The van der Waals surface area contributed by atoms with Crippen molar-refractivity contribution in [3.63, 3.8) is 0 Å². The average Bonchev–Trinajstić information content (AvgIpc) is 3.23. The predicted octanol–water partition coefficient (Wildman–Crippen LogP) is 3.04. The van der Waals surface area contributed by atoms with Crippen molar-refractivity contribution >= 4 is 35.9 Å². The molecule has 1 atom stereocenters. The van der Waals surface area contributed by atoms with Crippen LogP contribution >= 0.6 is 24.2 Å². The highest BCUT2D eigenvalue weighted by molar-refractivity contribution is 7.99. The number of ketones is 1. The van der Waals surface area contributed by atoms with Crippen LogP contribution in [0.15, 0.2) is 23.1 Å². The van der Waals surface area contributed by atoms with Gasteiger partial charge in [0.25, 0.3) is 5.91 Å². The number of rotatable bonds is 4. The van der Waals surface area contributed by atoms with Crippen LogP contribution in [0.1, 0.15) is 52.8 Å². The summed E-state index contributed by atoms with van der Waals surface area (Å²) in [7, 11) is 0. The van der Waals surface area contributed by atoms with Gasteiger partial charge in [-0.3, -0.25) is 9.59 Å². The third-order valence-electron chi connectivity index (χ3n) is 6.09. The van der Waals surface area contributed by atoms with Crippen molar-refractivity contribution in [1.29, 1.82) is 0 Å². The van der Waals surface area contributed by atoms with Crippen LogP contribution in [0.25, 0.3) is 0 Å². The second-order valence-electron chi connectivity index (χ2n) is 7.21. The maximum atomic E-state index is 12.5. The molecule has 0 bridgehead atoms. The highest BCUT2D eigenvalue weighted by Crippen LogP contribution is 2.73. The van der Waals surface area contributed by atoms with Crippen LogP contribution in [-0.4, -0.2) is 30.5 Å². The first-order valence-electron chi connectivity index (χ1n) is 8.38. The largest absolute Gasteiger partial charge is 0.351 e. The first-order valence-corrected chi connectivity index (χ1v) is 9.36. The molecule has 3 aliphatic rings. The van der Waals surface area contributed by atoms with Gasteiger partial charge in [-0.2, -0.15) is 0 Å². The summed E-state index contributed by atoms with van der Waals surface area (Å²) in [5, 5.41) is 3.06. The third kappa shape index (κ3) is 2.67. The van der Waals surface area contributed by atoms with Gasteiger partial charge in [0.15, 0.2) is 5.78 Å². The van der Waals surface area contributed by atoms with E-state index in [1.54, 1.807) is 17.8 Å². The third-order valence-corrected chi connectivity index (χ3v) is 7.17. The lowest BCUT2D eigenvalue weighted by atomic mass is 9.75. The minimum atomic E-state index is -0.0922. The Morgan fingerprint density at radius 1 is 1.33 bits per heavy atom. The van der Waals surface area contributed by atoms with Gasteiger partial charge in [0, 0.05) is 46.7 Å². The summed E-state index contributed by atoms with van der Waals surface area (Å²) in [4.78, 5) is 25.5. The van der Waals surface area contributed by atoms with Crippen molar-refractivity contribution in [3.8, 4) is 0 Å². The minimum Gasteiger partial charge on any atom is -0.351 e. The van der Waals surface area contributed by atoms with Gasteiger partial charge in [0.05, 0.1) is 0 Å². The molecule has 0 saturated heterocycles. The maximum absolute atomic E-state index is 12.5. The molecule has 1 aliphatic heterocycles. The molecular weight excluding hydrogens is 344 g/mol. The van der Waals surface area contributed by atoms with Crippen LogP contribution in [0.3, 0.4) is 0 Å². The first-order chi connectivity index (χ1) is 11.1. The number of carbonyl (C=O) groups excluding carboxylic acids is 2. The fourth-order valence-corrected chi connectivity index (χ4v) is 5.28. The molecule has 2 fully saturated rings. The normalized spacial score (nSPS) is 26.1. The van der Waals surface area contributed by atoms with Crippen LogP contribution in [-0.2, 0) is 0 Å². The van der Waals surface area contributed by atoms with E-state index in [2.05, 4.69) is 5.32 Å². The molecule has 4 nitrogen and oxygen atoms in total. The fraction of sp³-hybridized carbons (Fsp3) is 0.556. The predicted molar refractivity (Wildman–Crippen MR) is 98.1 cm³/mol. The molecule has 1 amide bonds. The van der Waals surface area contributed by atoms with Crippen molar-refractivity contribution in [1.82, 2.24) is 5.32 Å². The van der Waals surface area contributed by atoms with E-state index in [0.29, 0.717) is 36.1 Å². The Bertz CT molecular complexity index is 690. The number of Topliss-reactive ketones (excluding diaryl/α,β-unsaturated/α-hetero) is 1. The van der Waals surface area contributed by atoms with Gasteiger partial charge in [-0.1, -0.05) is 6.42 Å². The molecule has 1 heterocycles. The Morgan fingerprint density at radius 3 is 2.75 bits per heavy atom. The number of hydrogen-bond acceptors (Lipinski definition) is 4. The zero-order valence-electron chi connectivity index (χ0n) is 13.6. The summed E-state index contributed by atoms with van der Waals surface area (Å²) in [5.74, 6) is 0.881. The van der Waals surface area contributed by atoms with Crippen molar-refractivity contribution in [2.24, 2.45) is 16.6 Å². The lowest BCUT2D eigenvalue weighted by Gasteiger charge is -2.32. The molecule has 4 rings (SSSR count). The Labute approximate surface area is 152 Å². The Kier molecular flexibility index (Phi) is 4.71. The van der Waals surface area contributed by atoms with E-state index in [0.717, 1.165) is 17.1 Å². The monoisotopic (exact) mass is 366 g/mol. The summed E-state index contributed by atoms with van der Waals surface area (Å²) in [6.07, 6.45) is 5.51. The lowest BCUT2D eigenvalue weighted by Crippen LogP contribution is -2.39. The van der Waals surface area contributed by atoms with E-state index in [-0.39, 0.29) is 29.5 Å². The van der Waals surface area contributed by atoms with Gasteiger partial charge >= 0.3 is 0 Å². The molecule has 1 spiro atoms. The number of amides is 1. The van der Waals surface area contributed by atoms with E-state index in [9.17, 15) is 9.59 Å². The standard InChI is InChI=1S/C18H22N2O2S.ClH/c19-10-18(9-17(18)5-1-6-17)11-20-16(22)12-2-3-15-13(8-12)14(21)4-7-23-15;/h2-3,8H,1,4-7,9-11,19H2,(H,20,22);1H. The molecule has 1 aromatic rings. The summed E-state index contributed by atoms with van der Waals surface area (Å²) >= 11 is 1.69. The molecule has 2 saturated carbocycles. The van der Waals surface area contributed by atoms with Gasteiger partial charge in [-0.25, -0.2) is 0 Å². The smallest absolute Gasteiger partial charge is 0.251 e. The number of fused-ring (bicyclic) bond motifs is 1. The second kappa shape index (κ2) is 6.36. The molecule has 2 aliphatic carbocycles. The van der Waals surface area contributed by atoms with Gasteiger partial charge in [0.1, 0.15) is 0 Å². The molecule has 6 heteroatoms. The summed E-state index contributed by atoms with van der Waals surface area (Å²) in [6.45, 7) is 1.30. The lowest BCUT2D eigenvalue weighted by molar-refractivity contribution is 0.0933. The molecular formula is C18H23ClN2O2S. The van der Waals surface area contributed by atoms with Crippen LogP contribution in [0.5, 0.6) is 0 Å². The Hall–Kier alpha value is -1.04. The number of nitrogens with two attached hydrogens (primary N) is 1. The van der Waals surface area contributed by atoms with Gasteiger partial charge in [-0.15, -0.1) is 24.2 Å². The highest BCUT2D eigenvalue weighted by atomic mass is 35.5.